The topological polar surface area (TPSA) is 65.5 Å². The standard InChI is InChI=1S/C18H30N4O/c1-4-13-20-17(23)14-21-18(19-5-2)22-15(3)11-12-16-9-7-6-8-10-16/h6-10,15H,4-5,11-14H2,1-3H3,(H,20,23)(H2,19,21,22). The van der Waals surface area contributed by atoms with Gasteiger partial charge in [0.25, 0.3) is 0 Å². The SMILES string of the molecule is CCCNC(=O)CN=C(NCC)NC(C)CCc1ccccc1. The molecule has 0 saturated heterocycles. The number of hydrogen-bond acceptors (Lipinski definition) is 2. The smallest absolute Gasteiger partial charge is 0.241 e. The maximum Gasteiger partial charge on any atom is 0.241 e. The lowest BCUT2D eigenvalue weighted by atomic mass is 10.1. The third-order valence-electron chi connectivity index (χ3n) is 3.39. The third-order valence-corrected chi connectivity index (χ3v) is 3.39. The van der Waals surface area contributed by atoms with E-state index in [2.05, 4.69) is 52.1 Å². The van der Waals surface area contributed by atoms with Crippen molar-refractivity contribution >= 4 is 11.9 Å². The number of aryl methyl sites for hydroxylation is 1. The summed E-state index contributed by atoms with van der Waals surface area (Å²) in [5, 5.41) is 9.37. The van der Waals surface area contributed by atoms with Crippen LogP contribution in [0.5, 0.6) is 0 Å². The Balaban J connectivity index is 2.42. The van der Waals surface area contributed by atoms with Gasteiger partial charge in [-0.25, -0.2) is 4.99 Å². The molecule has 0 bridgehead atoms. The average molecular weight is 318 g/mol. The van der Waals surface area contributed by atoms with Gasteiger partial charge in [-0.1, -0.05) is 37.3 Å². The van der Waals surface area contributed by atoms with Gasteiger partial charge < -0.3 is 16.0 Å². The lowest BCUT2D eigenvalue weighted by molar-refractivity contribution is -0.119. The van der Waals surface area contributed by atoms with Crippen molar-refractivity contribution in [1.29, 1.82) is 0 Å². The molecule has 0 spiro atoms. The van der Waals surface area contributed by atoms with E-state index in [1.807, 2.05) is 19.9 Å². The molecule has 1 aromatic carbocycles. The molecule has 0 aliphatic rings. The third kappa shape index (κ3) is 8.86. The van der Waals surface area contributed by atoms with Crippen LogP contribution in [0.3, 0.4) is 0 Å². The average Bonchev–Trinajstić information content (AvgIpc) is 2.57. The van der Waals surface area contributed by atoms with Crippen LogP contribution in [-0.4, -0.2) is 37.5 Å². The van der Waals surface area contributed by atoms with Gasteiger partial charge in [0.2, 0.25) is 5.91 Å². The van der Waals surface area contributed by atoms with Crippen molar-refractivity contribution in [1.82, 2.24) is 16.0 Å². The van der Waals surface area contributed by atoms with Crippen LogP contribution in [0.25, 0.3) is 0 Å². The Morgan fingerprint density at radius 3 is 2.57 bits per heavy atom. The van der Waals surface area contributed by atoms with E-state index in [0.717, 1.165) is 25.8 Å². The second-order valence-corrected chi connectivity index (χ2v) is 5.61. The Labute approximate surface area is 140 Å². The van der Waals surface area contributed by atoms with E-state index in [4.69, 9.17) is 0 Å². The van der Waals surface area contributed by atoms with Gasteiger partial charge in [0.1, 0.15) is 6.54 Å². The lowest BCUT2D eigenvalue weighted by Crippen LogP contribution is -2.43. The number of nitrogens with zero attached hydrogens (tertiary/aromatic N) is 1. The molecule has 5 nitrogen and oxygen atoms in total. The van der Waals surface area contributed by atoms with Crippen LogP contribution in [0.4, 0.5) is 0 Å². The molecule has 0 heterocycles. The first-order valence-electron chi connectivity index (χ1n) is 8.51. The monoisotopic (exact) mass is 318 g/mol. The zero-order valence-corrected chi connectivity index (χ0v) is 14.6. The molecule has 0 saturated carbocycles. The molecule has 1 rings (SSSR count). The fraction of sp³-hybridized carbons (Fsp3) is 0.556. The first-order valence-corrected chi connectivity index (χ1v) is 8.51. The minimum atomic E-state index is -0.0407. The van der Waals surface area contributed by atoms with E-state index >= 15 is 0 Å². The summed E-state index contributed by atoms with van der Waals surface area (Å²) >= 11 is 0. The van der Waals surface area contributed by atoms with Crippen molar-refractivity contribution in [3.63, 3.8) is 0 Å². The van der Waals surface area contributed by atoms with Gasteiger partial charge in [-0.05, 0) is 38.7 Å². The van der Waals surface area contributed by atoms with Crippen LogP contribution in [0.15, 0.2) is 35.3 Å². The zero-order valence-electron chi connectivity index (χ0n) is 14.6. The molecule has 128 valence electrons. The Bertz CT molecular complexity index is 473. The Morgan fingerprint density at radius 2 is 1.91 bits per heavy atom. The van der Waals surface area contributed by atoms with Gasteiger partial charge >= 0.3 is 0 Å². The molecular weight excluding hydrogens is 288 g/mol. The van der Waals surface area contributed by atoms with E-state index in [0.29, 0.717) is 12.5 Å². The Hall–Kier alpha value is -2.04. The number of hydrogen-bond donors (Lipinski definition) is 3. The molecule has 0 aliphatic carbocycles. The van der Waals surface area contributed by atoms with E-state index in [1.165, 1.54) is 5.56 Å². The predicted molar refractivity (Wildman–Crippen MR) is 96.6 cm³/mol. The second kappa shape index (κ2) is 11.5. The maximum absolute atomic E-state index is 11.6. The quantitative estimate of drug-likeness (QED) is 0.482. The minimum absolute atomic E-state index is 0.0407. The fourth-order valence-corrected chi connectivity index (χ4v) is 2.12. The van der Waals surface area contributed by atoms with Gasteiger partial charge in [0, 0.05) is 19.1 Å². The van der Waals surface area contributed by atoms with Crippen LogP contribution in [0, 0.1) is 0 Å². The number of amides is 1. The highest BCUT2D eigenvalue weighted by Gasteiger charge is 2.06. The van der Waals surface area contributed by atoms with Crippen molar-refractivity contribution in [2.24, 2.45) is 4.99 Å². The highest BCUT2D eigenvalue weighted by molar-refractivity contribution is 5.85. The normalized spacial score (nSPS) is 12.6. The summed E-state index contributed by atoms with van der Waals surface area (Å²) < 4.78 is 0. The molecule has 1 unspecified atom stereocenters. The Morgan fingerprint density at radius 1 is 1.17 bits per heavy atom. The molecule has 1 aromatic rings. The molecule has 1 amide bonds. The number of carbonyl (C=O) groups excluding carboxylic acids is 1. The molecule has 23 heavy (non-hydrogen) atoms. The molecule has 0 radical (unpaired) electrons. The first-order chi connectivity index (χ1) is 11.2. The van der Waals surface area contributed by atoms with E-state index < -0.39 is 0 Å². The highest BCUT2D eigenvalue weighted by atomic mass is 16.1. The number of benzene rings is 1. The molecule has 0 aliphatic heterocycles. The number of guanidine groups is 1. The maximum atomic E-state index is 11.6. The largest absolute Gasteiger partial charge is 0.357 e. The van der Waals surface area contributed by atoms with Crippen molar-refractivity contribution in [2.45, 2.75) is 46.1 Å². The molecule has 1 atom stereocenters. The summed E-state index contributed by atoms with van der Waals surface area (Å²) in [6, 6.07) is 10.7. The van der Waals surface area contributed by atoms with E-state index in [1.54, 1.807) is 0 Å². The molecule has 3 N–H and O–H groups in total. The van der Waals surface area contributed by atoms with E-state index in [9.17, 15) is 4.79 Å². The minimum Gasteiger partial charge on any atom is -0.357 e. The molecule has 0 fully saturated rings. The van der Waals surface area contributed by atoms with Crippen LogP contribution in [0.2, 0.25) is 0 Å². The van der Waals surface area contributed by atoms with Crippen molar-refractivity contribution in [3.05, 3.63) is 35.9 Å². The lowest BCUT2D eigenvalue weighted by Gasteiger charge is -2.17. The summed E-state index contributed by atoms with van der Waals surface area (Å²) in [5.41, 5.74) is 1.34. The van der Waals surface area contributed by atoms with Gasteiger partial charge in [-0.3, -0.25) is 4.79 Å². The number of rotatable bonds is 9. The molecule has 5 heteroatoms. The first kappa shape index (κ1) is 19.0. The van der Waals surface area contributed by atoms with Crippen molar-refractivity contribution in [3.8, 4) is 0 Å². The number of aliphatic imine (C=N–C) groups is 1. The van der Waals surface area contributed by atoms with Crippen molar-refractivity contribution in [2.75, 3.05) is 19.6 Å². The zero-order chi connectivity index (χ0) is 16.9. The Kier molecular flexibility index (Phi) is 9.52. The number of carbonyl (C=O) groups is 1. The second-order valence-electron chi connectivity index (χ2n) is 5.61. The van der Waals surface area contributed by atoms with Crippen LogP contribution in [-0.2, 0) is 11.2 Å². The summed E-state index contributed by atoms with van der Waals surface area (Å²) in [6.45, 7) is 7.81. The highest BCUT2D eigenvalue weighted by Crippen LogP contribution is 2.04. The summed E-state index contributed by atoms with van der Waals surface area (Å²) in [6.07, 6.45) is 2.96. The van der Waals surface area contributed by atoms with Gasteiger partial charge in [0.05, 0.1) is 0 Å². The fourth-order valence-electron chi connectivity index (χ4n) is 2.12. The van der Waals surface area contributed by atoms with Crippen molar-refractivity contribution < 1.29 is 4.79 Å². The van der Waals surface area contributed by atoms with Crippen LogP contribution >= 0.6 is 0 Å². The van der Waals surface area contributed by atoms with Gasteiger partial charge in [-0.15, -0.1) is 0 Å². The molecular formula is C18H30N4O. The summed E-state index contributed by atoms with van der Waals surface area (Å²) in [4.78, 5) is 16.0. The predicted octanol–water partition coefficient (Wildman–Crippen LogP) is 2.09. The van der Waals surface area contributed by atoms with E-state index in [-0.39, 0.29) is 18.5 Å². The summed E-state index contributed by atoms with van der Waals surface area (Å²) in [7, 11) is 0. The van der Waals surface area contributed by atoms with Crippen LogP contribution < -0.4 is 16.0 Å². The molecule has 0 aromatic heterocycles. The van der Waals surface area contributed by atoms with Crippen LogP contribution in [0.1, 0.15) is 39.2 Å². The van der Waals surface area contributed by atoms with Gasteiger partial charge in [0.15, 0.2) is 5.96 Å². The summed E-state index contributed by atoms with van der Waals surface area (Å²) in [5.74, 6) is 0.653. The van der Waals surface area contributed by atoms with Gasteiger partial charge in [-0.2, -0.15) is 0 Å². The number of nitrogens with one attached hydrogen (secondary N) is 3.